The second kappa shape index (κ2) is 8.25. The van der Waals surface area contributed by atoms with Gasteiger partial charge in [0.1, 0.15) is 8.22 Å². The largest absolute Gasteiger partial charge is 0.673 e. The third-order valence-corrected chi connectivity index (χ3v) is 2.25. The topological polar surface area (TPSA) is 0 Å². The molecule has 0 bridgehead atoms. The van der Waals surface area contributed by atoms with Crippen molar-refractivity contribution < 1.29 is 37.8 Å². The van der Waals surface area contributed by atoms with Crippen molar-refractivity contribution in [3.63, 3.8) is 0 Å². The first-order valence-electron chi connectivity index (χ1n) is 13.6. The Bertz CT molecular complexity index is 1220. The molecule has 0 saturated heterocycles. The average Bonchev–Trinajstić information content (AvgIpc) is 2.85. The van der Waals surface area contributed by atoms with Crippen LogP contribution in [0.25, 0.3) is 0 Å². The van der Waals surface area contributed by atoms with Crippen LogP contribution < -0.4 is 0 Å². The Kier molecular flexibility index (Phi) is 2.17. The molecule has 0 aliphatic carbocycles. The Hall–Kier alpha value is -2.69. The van der Waals surface area contributed by atoms with Gasteiger partial charge in [-0.15, -0.1) is 0 Å². The van der Waals surface area contributed by atoms with Gasteiger partial charge in [0.2, 0.25) is 0 Å². The highest BCUT2D eigenvalue weighted by atomic mass is 19.5. The van der Waals surface area contributed by atoms with E-state index in [1.807, 2.05) is 0 Å². The van der Waals surface area contributed by atoms with Crippen molar-refractivity contribution in [2.24, 2.45) is 0 Å². The maximum absolute atomic E-state index is 9.75. The van der Waals surface area contributed by atoms with Crippen LogP contribution in [0.4, 0.5) is 17.3 Å². The van der Waals surface area contributed by atoms with Gasteiger partial charge in [-0.25, -0.2) is 0 Å². The van der Waals surface area contributed by atoms with Gasteiger partial charge in [-0.3, -0.25) is 0 Å². The lowest BCUT2D eigenvalue weighted by Gasteiger charge is -2.12. The molecule has 24 heavy (non-hydrogen) atoms. The zero-order chi connectivity index (χ0) is 30.5. The van der Waals surface area contributed by atoms with Gasteiger partial charge in [0.25, 0.3) is 0 Å². The van der Waals surface area contributed by atoms with Crippen LogP contribution in [0.3, 0.4) is 0 Å². The molecular weight excluding hydrogens is 315 g/mol. The van der Waals surface area contributed by atoms with Crippen molar-refractivity contribution in [1.29, 1.82) is 0 Å². The minimum absolute atomic E-state index is 0.661. The van der Waals surface area contributed by atoms with E-state index in [1.54, 1.807) is 0 Å². The smallest absolute Gasteiger partial charge is 0.418 e. The van der Waals surface area contributed by atoms with Crippen molar-refractivity contribution >= 4 is 7.25 Å². The first kappa shape index (κ1) is 6.32. The summed E-state index contributed by atoms with van der Waals surface area (Å²) >= 11 is 0. The number of hydrogen-bond donors (Lipinski definition) is 0. The van der Waals surface area contributed by atoms with Crippen molar-refractivity contribution in [3.05, 3.63) is 113 Å². The normalized spacial score (nSPS) is 19.2. The predicted molar refractivity (Wildman–Crippen MR) is 90.1 cm³/mol. The summed E-state index contributed by atoms with van der Waals surface area (Å²) in [5, 5.41) is 0. The molecule has 0 fully saturated rings. The molecule has 3 rings (SSSR count). The van der Waals surface area contributed by atoms with Crippen LogP contribution in [0.5, 0.6) is 0 Å². The van der Waals surface area contributed by atoms with Crippen molar-refractivity contribution in [2.45, 2.75) is 0 Å². The predicted octanol–water partition coefficient (Wildman–Crippen LogP) is 6.01. The molecule has 0 aliphatic heterocycles. The maximum Gasteiger partial charge on any atom is 0.673 e. The second-order valence-electron chi connectivity index (χ2n) is 3.87. The van der Waals surface area contributed by atoms with E-state index in [2.05, 4.69) is 0 Å². The van der Waals surface area contributed by atoms with Crippen molar-refractivity contribution in [3.8, 4) is 0 Å². The Morgan fingerprint density at radius 1 is 0.542 bits per heavy atom. The molecule has 5 heteroatoms. The van der Waals surface area contributed by atoms with Gasteiger partial charge < -0.3 is 17.3 Å². The van der Waals surface area contributed by atoms with E-state index in [0.29, 0.717) is 0 Å². The van der Waals surface area contributed by atoms with Crippen molar-refractivity contribution in [2.75, 3.05) is 0 Å². The van der Waals surface area contributed by atoms with E-state index in [0.717, 1.165) is 0 Å². The van der Waals surface area contributed by atoms with E-state index < -0.39 is 120 Å². The van der Waals surface area contributed by atoms with Gasteiger partial charge in [0, 0.05) is 0 Å². The van der Waals surface area contributed by atoms with Crippen LogP contribution in [0.15, 0.2) is 90.6 Å². The van der Waals surface area contributed by atoms with Crippen LogP contribution >= 0.6 is 0 Å². The molecule has 3 aromatic rings. The number of benzene rings is 3. The number of hydrogen-bond acceptors (Lipinski definition) is 0. The molecule has 0 spiro atoms. The molecule has 0 aromatic heterocycles. The van der Waals surface area contributed by atoms with Gasteiger partial charge in [-0.2, -0.15) is 0 Å². The van der Waals surface area contributed by atoms with Gasteiger partial charge in [0.05, 0.1) is 34.9 Å². The highest BCUT2D eigenvalue weighted by Crippen LogP contribution is 2.30. The molecule has 3 aromatic carbocycles. The third-order valence-electron chi connectivity index (χ3n) is 2.25. The molecule has 122 valence electrons. The van der Waals surface area contributed by atoms with Gasteiger partial charge in [-0.05, 0) is 72.5 Å². The number of halogens is 4. The SMILES string of the molecule is F[B-](F)(F)F.[2H]c1c([2H])c([2H])c([C+](c2c([2H])c([2H])c([2H])c([2H])c2[2H])c2c([2H])c([2H])c([2H])c([2H])c2[2H])c([2H])c1[2H]. The summed E-state index contributed by atoms with van der Waals surface area (Å²) in [4.78, 5) is 0. The van der Waals surface area contributed by atoms with Gasteiger partial charge in [0.15, 0.2) is 0 Å². The highest BCUT2D eigenvalue weighted by molar-refractivity contribution is 6.50. The molecule has 0 atom stereocenters. The van der Waals surface area contributed by atoms with E-state index in [-0.39, 0.29) is 0 Å². The van der Waals surface area contributed by atoms with Crippen molar-refractivity contribution in [1.82, 2.24) is 0 Å². The summed E-state index contributed by atoms with van der Waals surface area (Å²) in [6.07, 6.45) is 0. The Labute approximate surface area is 160 Å². The van der Waals surface area contributed by atoms with E-state index in [4.69, 9.17) is 20.6 Å². The second-order valence-corrected chi connectivity index (χ2v) is 3.87. The van der Waals surface area contributed by atoms with Crippen LogP contribution in [0.1, 0.15) is 37.3 Å². The lowest BCUT2D eigenvalue weighted by atomic mass is 9.85. The minimum atomic E-state index is -6.00. The minimum Gasteiger partial charge on any atom is -0.418 e. The molecule has 0 amide bonds. The van der Waals surface area contributed by atoms with Crippen LogP contribution in [-0.2, 0) is 0 Å². The maximum atomic E-state index is 9.75. The molecule has 0 N–H and O–H groups in total. The zero-order valence-electron chi connectivity index (χ0n) is 26.6. The Morgan fingerprint density at radius 3 is 0.958 bits per heavy atom. The van der Waals surface area contributed by atoms with Crippen LogP contribution in [0, 0.1) is 5.92 Å². The molecule has 0 aliphatic rings. The fraction of sp³-hybridized carbons (Fsp3) is 0. The monoisotopic (exact) mass is 345 g/mol. The van der Waals surface area contributed by atoms with Gasteiger partial charge in [-0.1, -0.05) is 18.1 Å². The summed E-state index contributed by atoms with van der Waals surface area (Å²) in [5.41, 5.74) is -1.99. The summed E-state index contributed by atoms with van der Waals surface area (Å²) in [6.45, 7) is 0. The molecule has 0 heterocycles. The average molecular weight is 345 g/mol. The first-order valence-corrected chi connectivity index (χ1v) is 6.12. The molecular formula is C19H15BF4. The van der Waals surface area contributed by atoms with Crippen LogP contribution in [0.2, 0.25) is 0 Å². The van der Waals surface area contributed by atoms with Crippen LogP contribution in [-0.4, -0.2) is 7.25 Å². The molecule has 0 radical (unpaired) electrons. The fourth-order valence-corrected chi connectivity index (χ4v) is 1.50. The summed E-state index contributed by atoms with van der Waals surface area (Å²) < 4.78 is 160. The fourth-order valence-electron chi connectivity index (χ4n) is 1.50. The molecule has 0 saturated carbocycles. The van der Waals surface area contributed by atoms with E-state index >= 15 is 0 Å². The standard InChI is InChI=1S/C19H15.BF4/c1-4-10-16(11-5-1)19(17-12-6-2-7-13-17)18-14-8-3-9-15-18;2-1(3,4)5/h1-15H;/q+1;-1/i1D,2D,3D,4D,5D,6D,7D,8D,9D,10D,11D,12D,13D,14D,15D;. The lowest BCUT2D eigenvalue weighted by Crippen LogP contribution is -2.03. The van der Waals surface area contributed by atoms with E-state index in [9.17, 15) is 17.3 Å². The summed E-state index contributed by atoms with van der Waals surface area (Å²) in [6, 6.07) is -12.2. The summed E-state index contributed by atoms with van der Waals surface area (Å²) in [7, 11) is -6.00. The third kappa shape index (κ3) is 5.84. The molecule has 0 nitrogen and oxygen atoms in total. The zero-order valence-corrected chi connectivity index (χ0v) is 11.6. The quantitative estimate of drug-likeness (QED) is 0.236. The Morgan fingerprint density at radius 2 is 0.750 bits per heavy atom. The van der Waals surface area contributed by atoms with E-state index in [1.165, 1.54) is 0 Å². The lowest BCUT2D eigenvalue weighted by molar-refractivity contribution is 0.368. The molecule has 0 unspecified atom stereocenters. The number of rotatable bonds is 3. The summed E-state index contributed by atoms with van der Waals surface area (Å²) in [5.74, 6) is -0.661. The highest BCUT2D eigenvalue weighted by Gasteiger charge is 2.21. The first-order chi connectivity index (χ1) is 17.7. The Balaban J connectivity index is 0.000000976. The van der Waals surface area contributed by atoms with Gasteiger partial charge >= 0.3 is 7.25 Å².